The molecule has 0 radical (unpaired) electrons. The van der Waals surface area contributed by atoms with Crippen LogP contribution in [0.15, 0.2) is 48.8 Å². The van der Waals surface area contributed by atoms with Gasteiger partial charge in [0.1, 0.15) is 11.6 Å². The van der Waals surface area contributed by atoms with Crippen molar-refractivity contribution in [2.24, 2.45) is 0 Å². The molecule has 0 fully saturated rings. The van der Waals surface area contributed by atoms with Gasteiger partial charge in [0.2, 0.25) is 0 Å². The van der Waals surface area contributed by atoms with Gasteiger partial charge in [-0.3, -0.25) is 4.79 Å². The largest absolute Gasteiger partial charge is 0.470 e. The van der Waals surface area contributed by atoms with E-state index in [9.17, 15) is 4.79 Å². The van der Waals surface area contributed by atoms with Gasteiger partial charge >= 0.3 is 0 Å². The molecule has 3 aromatic rings. The molecular weight excluding hydrogens is 340 g/mol. The lowest BCUT2D eigenvalue weighted by molar-refractivity contribution is 0.102. The molecule has 2 heterocycles. The molecule has 0 aliphatic carbocycles. The Morgan fingerprint density at radius 2 is 2.00 bits per heavy atom. The molecule has 7 heteroatoms. The summed E-state index contributed by atoms with van der Waals surface area (Å²) in [5.41, 5.74) is 2.34. The SMILES string of the molecule is Cc1ccnc(NC(=O)c2ccn(COc3cc(C)ccc3Cl)n2)c1. The van der Waals surface area contributed by atoms with Crippen LogP contribution in [0.25, 0.3) is 0 Å². The van der Waals surface area contributed by atoms with Crippen LogP contribution in [0.5, 0.6) is 5.75 Å². The van der Waals surface area contributed by atoms with E-state index < -0.39 is 0 Å². The minimum Gasteiger partial charge on any atom is -0.470 e. The van der Waals surface area contributed by atoms with Crippen LogP contribution in [0, 0.1) is 13.8 Å². The summed E-state index contributed by atoms with van der Waals surface area (Å²) in [6.07, 6.45) is 3.31. The van der Waals surface area contributed by atoms with Gasteiger partial charge in [-0.1, -0.05) is 17.7 Å². The minimum atomic E-state index is -0.328. The lowest BCUT2D eigenvalue weighted by Crippen LogP contribution is -2.15. The predicted molar refractivity (Wildman–Crippen MR) is 96.0 cm³/mol. The van der Waals surface area contributed by atoms with Gasteiger partial charge in [0.05, 0.1) is 5.02 Å². The molecule has 1 aromatic carbocycles. The highest BCUT2D eigenvalue weighted by Gasteiger charge is 2.11. The molecule has 2 aromatic heterocycles. The van der Waals surface area contributed by atoms with Crippen molar-refractivity contribution in [1.29, 1.82) is 0 Å². The Kier molecular flexibility index (Phi) is 5.00. The Bertz CT molecular complexity index is 908. The number of amides is 1. The fourth-order valence-corrected chi connectivity index (χ4v) is 2.37. The van der Waals surface area contributed by atoms with Crippen LogP contribution in [0.1, 0.15) is 21.6 Å². The van der Waals surface area contributed by atoms with Crippen molar-refractivity contribution in [2.75, 3.05) is 5.32 Å². The Morgan fingerprint density at radius 1 is 1.20 bits per heavy atom. The fraction of sp³-hybridized carbons (Fsp3) is 0.167. The first-order chi connectivity index (χ1) is 12.0. The fourth-order valence-electron chi connectivity index (χ4n) is 2.20. The van der Waals surface area contributed by atoms with Crippen LogP contribution in [0.4, 0.5) is 5.82 Å². The number of benzene rings is 1. The van der Waals surface area contributed by atoms with Crippen LogP contribution in [-0.4, -0.2) is 20.7 Å². The van der Waals surface area contributed by atoms with Crippen molar-refractivity contribution < 1.29 is 9.53 Å². The standard InChI is InChI=1S/C18H17ClN4O2/c1-12-3-4-14(19)16(9-12)25-11-23-8-6-15(22-23)18(24)21-17-10-13(2)5-7-20-17/h3-10H,11H2,1-2H3,(H,20,21,24). The molecule has 1 amide bonds. The second kappa shape index (κ2) is 7.36. The topological polar surface area (TPSA) is 69.0 Å². The van der Waals surface area contributed by atoms with Crippen molar-refractivity contribution in [1.82, 2.24) is 14.8 Å². The maximum Gasteiger partial charge on any atom is 0.277 e. The maximum atomic E-state index is 12.2. The van der Waals surface area contributed by atoms with Crippen LogP contribution < -0.4 is 10.1 Å². The number of aryl methyl sites for hydroxylation is 2. The van der Waals surface area contributed by atoms with E-state index >= 15 is 0 Å². The second-order valence-electron chi connectivity index (χ2n) is 5.62. The van der Waals surface area contributed by atoms with E-state index in [1.54, 1.807) is 30.6 Å². The third kappa shape index (κ3) is 4.36. The van der Waals surface area contributed by atoms with E-state index in [2.05, 4.69) is 15.4 Å². The summed E-state index contributed by atoms with van der Waals surface area (Å²) in [5, 5.41) is 7.45. The number of aromatic nitrogens is 3. The van der Waals surface area contributed by atoms with E-state index in [1.807, 2.05) is 32.0 Å². The smallest absolute Gasteiger partial charge is 0.277 e. The Balaban J connectivity index is 1.63. The summed E-state index contributed by atoms with van der Waals surface area (Å²) in [7, 11) is 0. The van der Waals surface area contributed by atoms with Gasteiger partial charge in [0.15, 0.2) is 12.4 Å². The summed E-state index contributed by atoms with van der Waals surface area (Å²) >= 11 is 6.10. The molecule has 0 bridgehead atoms. The molecule has 0 unspecified atom stereocenters. The molecule has 0 aliphatic rings. The number of hydrogen-bond donors (Lipinski definition) is 1. The Morgan fingerprint density at radius 3 is 2.80 bits per heavy atom. The number of hydrogen-bond acceptors (Lipinski definition) is 4. The molecule has 6 nitrogen and oxygen atoms in total. The van der Waals surface area contributed by atoms with Gasteiger partial charge in [0.25, 0.3) is 5.91 Å². The molecule has 1 N–H and O–H groups in total. The Hall–Kier alpha value is -2.86. The number of nitrogens with one attached hydrogen (secondary N) is 1. The highest BCUT2D eigenvalue weighted by atomic mass is 35.5. The summed E-state index contributed by atoms with van der Waals surface area (Å²) < 4.78 is 7.18. The highest BCUT2D eigenvalue weighted by Crippen LogP contribution is 2.25. The number of carbonyl (C=O) groups is 1. The zero-order valence-electron chi connectivity index (χ0n) is 13.9. The van der Waals surface area contributed by atoms with Crippen molar-refractivity contribution in [3.05, 3.63) is 70.6 Å². The van der Waals surface area contributed by atoms with Crippen molar-refractivity contribution in [3.8, 4) is 5.75 Å². The van der Waals surface area contributed by atoms with E-state index in [-0.39, 0.29) is 18.3 Å². The number of anilines is 1. The van der Waals surface area contributed by atoms with E-state index in [0.717, 1.165) is 11.1 Å². The second-order valence-corrected chi connectivity index (χ2v) is 6.03. The number of rotatable bonds is 5. The van der Waals surface area contributed by atoms with Gasteiger partial charge < -0.3 is 10.1 Å². The number of ether oxygens (including phenoxy) is 1. The van der Waals surface area contributed by atoms with Crippen LogP contribution >= 0.6 is 11.6 Å². The van der Waals surface area contributed by atoms with Crippen molar-refractivity contribution in [2.45, 2.75) is 20.6 Å². The lowest BCUT2D eigenvalue weighted by Gasteiger charge is -2.08. The third-order valence-corrected chi connectivity index (χ3v) is 3.78. The van der Waals surface area contributed by atoms with Crippen molar-refractivity contribution in [3.63, 3.8) is 0 Å². The third-order valence-electron chi connectivity index (χ3n) is 3.47. The van der Waals surface area contributed by atoms with Gasteiger partial charge in [0, 0.05) is 12.4 Å². The maximum absolute atomic E-state index is 12.2. The van der Waals surface area contributed by atoms with Crippen LogP contribution in [-0.2, 0) is 6.73 Å². The molecule has 25 heavy (non-hydrogen) atoms. The van der Waals surface area contributed by atoms with Gasteiger partial charge in [-0.2, -0.15) is 5.10 Å². The first-order valence-corrected chi connectivity index (χ1v) is 8.05. The predicted octanol–water partition coefficient (Wildman–Crippen LogP) is 3.84. The quantitative estimate of drug-likeness (QED) is 0.754. The average molecular weight is 357 g/mol. The van der Waals surface area contributed by atoms with Gasteiger partial charge in [-0.25, -0.2) is 9.67 Å². The molecule has 0 saturated carbocycles. The molecule has 0 aliphatic heterocycles. The summed E-state index contributed by atoms with van der Waals surface area (Å²) in [5.74, 6) is 0.736. The zero-order chi connectivity index (χ0) is 17.8. The van der Waals surface area contributed by atoms with Gasteiger partial charge in [-0.05, 0) is 55.3 Å². The zero-order valence-corrected chi connectivity index (χ0v) is 14.6. The normalized spacial score (nSPS) is 10.5. The minimum absolute atomic E-state index is 0.152. The number of nitrogens with zero attached hydrogens (tertiary/aromatic N) is 3. The monoisotopic (exact) mass is 356 g/mol. The molecule has 0 spiro atoms. The first-order valence-electron chi connectivity index (χ1n) is 7.68. The average Bonchev–Trinajstić information content (AvgIpc) is 3.05. The summed E-state index contributed by atoms with van der Waals surface area (Å²) in [6, 6.07) is 10.8. The number of pyridine rings is 1. The lowest BCUT2D eigenvalue weighted by atomic mass is 10.2. The number of carbonyl (C=O) groups excluding carboxylic acids is 1. The van der Waals surface area contributed by atoms with E-state index in [1.165, 1.54) is 4.68 Å². The molecule has 128 valence electrons. The molecule has 0 atom stereocenters. The molecule has 3 rings (SSSR count). The van der Waals surface area contributed by atoms with Crippen LogP contribution in [0.3, 0.4) is 0 Å². The summed E-state index contributed by atoms with van der Waals surface area (Å²) in [4.78, 5) is 16.3. The summed E-state index contributed by atoms with van der Waals surface area (Å²) in [6.45, 7) is 4.04. The highest BCUT2D eigenvalue weighted by molar-refractivity contribution is 6.32. The Labute approximate surface area is 150 Å². The number of halogens is 1. The van der Waals surface area contributed by atoms with E-state index in [0.29, 0.717) is 16.6 Å². The van der Waals surface area contributed by atoms with Gasteiger partial charge in [-0.15, -0.1) is 0 Å². The van der Waals surface area contributed by atoms with Crippen molar-refractivity contribution >= 4 is 23.3 Å². The first kappa shape index (κ1) is 17.0. The van der Waals surface area contributed by atoms with Crippen LogP contribution in [0.2, 0.25) is 5.02 Å². The van der Waals surface area contributed by atoms with E-state index in [4.69, 9.17) is 16.3 Å². The molecule has 0 saturated heterocycles. The molecular formula is C18H17ClN4O2.